The molecule has 0 amide bonds. The SMILES string of the molecule is Cn1cc(-c2ccncc2)c(-c2ccc(OCc3nc4cccnc4c(=O)n3CCF)cc2)n1. The molecule has 0 radical (unpaired) electrons. The molecule has 4 heterocycles. The summed E-state index contributed by atoms with van der Waals surface area (Å²) in [4.78, 5) is 25.4. The lowest BCUT2D eigenvalue weighted by molar-refractivity contribution is 0.283. The molecule has 170 valence electrons. The van der Waals surface area contributed by atoms with Crippen molar-refractivity contribution in [3.63, 3.8) is 0 Å². The molecule has 0 fully saturated rings. The summed E-state index contributed by atoms with van der Waals surface area (Å²) >= 11 is 0. The van der Waals surface area contributed by atoms with Gasteiger partial charge in [-0.25, -0.2) is 14.4 Å². The summed E-state index contributed by atoms with van der Waals surface area (Å²) in [5, 5.41) is 4.62. The highest BCUT2D eigenvalue weighted by molar-refractivity contribution is 5.80. The van der Waals surface area contributed by atoms with Gasteiger partial charge in [0.2, 0.25) is 0 Å². The average molecular weight is 456 g/mol. The molecule has 0 saturated carbocycles. The molecule has 1 aromatic carbocycles. The molecule has 0 saturated heterocycles. The zero-order chi connectivity index (χ0) is 23.5. The quantitative estimate of drug-likeness (QED) is 0.370. The predicted molar refractivity (Wildman–Crippen MR) is 126 cm³/mol. The smallest absolute Gasteiger partial charge is 0.280 e. The van der Waals surface area contributed by atoms with E-state index < -0.39 is 6.67 Å². The second kappa shape index (κ2) is 9.22. The number of ether oxygens (including phenoxy) is 1. The Morgan fingerprint density at radius 3 is 2.56 bits per heavy atom. The van der Waals surface area contributed by atoms with Crippen LogP contribution in [0, 0.1) is 0 Å². The second-order valence-electron chi connectivity index (χ2n) is 7.66. The molecule has 34 heavy (non-hydrogen) atoms. The highest BCUT2D eigenvalue weighted by Gasteiger charge is 2.14. The van der Waals surface area contributed by atoms with Crippen LogP contribution in [0.1, 0.15) is 5.82 Å². The molecule has 9 heteroatoms. The van der Waals surface area contributed by atoms with Crippen molar-refractivity contribution in [1.82, 2.24) is 29.3 Å². The van der Waals surface area contributed by atoms with E-state index in [0.29, 0.717) is 17.1 Å². The van der Waals surface area contributed by atoms with E-state index in [1.54, 1.807) is 29.2 Å². The van der Waals surface area contributed by atoms with Gasteiger partial charge < -0.3 is 4.74 Å². The molecule has 5 rings (SSSR count). The number of benzene rings is 1. The Balaban J connectivity index is 1.40. The number of fused-ring (bicyclic) bond motifs is 1. The fraction of sp³-hybridized carbons (Fsp3) is 0.160. The predicted octanol–water partition coefficient (Wildman–Crippen LogP) is 3.80. The monoisotopic (exact) mass is 456 g/mol. The van der Waals surface area contributed by atoms with Crippen LogP contribution in [0.2, 0.25) is 0 Å². The molecule has 0 unspecified atom stereocenters. The van der Waals surface area contributed by atoms with E-state index in [-0.39, 0.29) is 24.2 Å². The molecule has 0 spiro atoms. The maximum absolute atomic E-state index is 13.1. The summed E-state index contributed by atoms with van der Waals surface area (Å²) in [6.45, 7) is -0.774. The second-order valence-corrected chi connectivity index (χ2v) is 7.66. The Labute approximate surface area is 194 Å². The van der Waals surface area contributed by atoms with Gasteiger partial charge in [-0.1, -0.05) is 0 Å². The van der Waals surface area contributed by atoms with E-state index in [1.807, 2.05) is 49.6 Å². The average Bonchev–Trinajstić information content (AvgIpc) is 3.27. The lowest BCUT2D eigenvalue weighted by Crippen LogP contribution is -2.27. The fourth-order valence-electron chi connectivity index (χ4n) is 3.82. The highest BCUT2D eigenvalue weighted by Crippen LogP contribution is 2.31. The van der Waals surface area contributed by atoms with Crippen LogP contribution in [0.3, 0.4) is 0 Å². The first-order valence-electron chi connectivity index (χ1n) is 10.7. The molecule has 0 atom stereocenters. The molecule has 0 aliphatic rings. The minimum atomic E-state index is -0.689. The van der Waals surface area contributed by atoms with Crippen molar-refractivity contribution >= 4 is 11.0 Å². The number of hydrogen-bond donors (Lipinski definition) is 0. The summed E-state index contributed by atoms with van der Waals surface area (Å²) in [7, 11) is 1.88. The number of halogens is 1. The van der Waals surface area contributed by atoms with Crippen LogP contribution < -0.4 is 10.3 Å². The Kier molecular flexibility index (Phi) is 5.82. The minimum Gasteiger partial charge on any atom is -0.486 e. The summed E-state index contributed by atoms with van der Waals surface area (Å²) in [6, 6.07) is 14.8. The molecule has 0 N–H and O–H groups in total. The van der Waals surface area contributed by atoms with Gasteiger partial charge in [0.1, 0.15) is 24.7 Å². The standard InChI is InChI=1S/C25H21FN6O2/c1-31-15-20(17-8-12-27-13-9-17)23(30-31)18-4-6-19(7-5-18)34-16-22-29-21-3-2-11-28-24(21)25(33)32(22)14-10-26/h2-9,11-13,15H,10,14,16H2,1H3. The minimum absolute atomic E-state index is 0.0191. The fourth-order valence-corrected chi connectivity index (χ4v) is 3.82. The van der Waals surface area contributed by atoms with Gasteiger partial charge in [-0.2, -0.15) is 5.10 Å². The normalized spacial score (nSPS) is 11.1. The third-order valence-corrected chi connectivity index (χ3v) is 5.42. The molecule has 5 aromatic rings. The molecule has 0 bridgehead atoms. The van der Waals surface area contributed by atoms with Crippen LogP contribution in [0.15, 0.2) is 78.1 Å². The van der Waals surface area contributed by atoms with Crippen molar-refractivity contribution in [2.45, 2.75) is 13.2 Å². The Bertz CT molecular complexity index is 1500. The zero-order valence-electron chi connectivity index (χ0n) is 18.4. The van der Waals surface area contributed by atoms with Crippen LogP contribution in [0.4, 0.5) is 4.39 Å². The van der Waals surface area contributed by atoms with E-state index in [0.717, 1.165) is 22.4 Å². The first-order chi connectivity index (χ1) is 16.6. The van der Waals surface area contributed by atoms with Crippen molar-refractivity contribution < 1.29 is 9.13 Å². The van der Waals surface area contributed by atoms with Gasteiger partial charge in [-0.15, -0.1) is 0 Å². The third kappa shape index (κ3) is 4.15. The summed E-state index contributed by atoms with van der Waals surface area (Å²) in [5.74, 6) is 0.939. The molecule has 8 nitrogen and oxygen atoms in total. The first-order valence-corrected chi connectivity index (χ1v) is 10.7. The largest absolute Gasteiger partial charge is 0.486 e. The molecule has 0 aliphatic heterocycles. The Morgan fingerprint density at radius 1 is 1.00 bits per heavy atom. The van der Waals surface area contributed by atoms with Crippen LogP contribution in [-0.2, 0) is 20.2 Å². The number of pyridine rings is 2. The highest BCUT2D eigenvalue weighted by atomic mass is 19.1. The van der Waals surface area contributed by atoms with Crippen molar-refractivity contribution in [1.29, 1.82) is 0 Å². The van der Waals surface area contributed by atoms with Gasteiger partial charge >= 0.3 is 0 Å². The molecular formula is C25H21FN6O2. The van der Waals surface area contributed by atoms with Crippen LogP contribution >= 0.6 is 0 Å². The van der Waals surface area contributed by atoms with Crippen molar-refractivity contribution in [3.05, 3.63) is 89.5 Å². The number of rotatable bonds is 7. The lowest BCUT2D eigenvalue weighted by Gasteiger charge is -2.13. The van der Waals surface area contributed by atoms with Gasteiger partial charge in [-0.05, 0) is 54.1 Å². The van der Waals surface area contributed by atoms with Crippen molar-refractivity contribution in [3.8, 4) is 28.1 Å². The Hall–Kier alpha value is -4.40. The number of nitrogens with zero attached hydrogens (tertiary/aromatic N) is 6. The van der Waals surface area contributed by atoms with Crippen LogP contribution in [-0.4, -0.2) is 36.0 Å². The number of aromatic nitrogens is 6. The van der Waals surface area contributed by atoms with Gasteiger partial charge in [0.25, 0.3) is 5.56 Å². The maximum Gasteiger partial charge on any atom is 0.280 e. The zero-order valence-corrected chi connectivity index (χ0v) is 18.4. The Morgan fingerprint density at radius 2 is 1.79 bits per heavy atom. The van der Waals surface area contributed by atoms with Crippen molar-refractivity contribution in [2.24, 2.45) is 7.05 Å². The number of hydrogen-bond acceptors (Lipinski definition) is 6. The summed E-state index contributed by atoms with van der Waals surface area (Å²) < 4.78 is 22.1. The van der Waals surface area contributed by atoms with Gasteiger partial charge in [-0.3, -0.25) is 19.0 Å². The third-order valence-electron chi connectivity index (χ3n) is 5.42. The number of aryl methyl sites for hydroxylation is 1. The van der Waals surface area contributed by atoms with Crippen LogP contribution in [0.25, 0.3) is 33.4 Å². The summed E-state index contributed by atoms with van der Waals surface area (Å²) in [5.41, 5.74) is 4.10. The van der Waals surface area contributed by atoms with Gasteiger partial charge in [0.15, 0.2) is 11.3 Å². The summed E-state index contributed by atoms with van der Waals surface area (Å²) in [6.07, 6.45) is 7.00. The van der Waals surface area contributed by atoms with E-state index in [2.05, 4.69) is 20.1 Å². The molecular weight excluding hydrogens is 435 g/mol. The van der Waals surface area contributed by atoms with E-state index in [1.165, 1.54) is 10.8 Å². The van der Waals surface area contributed by atoms with E-state index >= 15 is 0 Å². The lowest BCUT2D eigenvalue weighted by atomic mass is 10.0. The van der Waals surface area contributed by atoms with E-state index in [4.69, 9.17) is 4.74 Å². The first kappa shape index (κ1) is 21.4. The number of alkyl halides is 1. The van der Waals surface area contributed by atoms with E-state index in [9.17, 15) is 9.18 Å². The topological polar surface area (TPSA) is 87.7 Å². The van der Waals surface area contributed by atoms with Gasteiger partial charge in [0.05, 0.1) is 12.1 Å². The molecule has 0 aliphatic carbocycles. The van der Waals surface area contributed by atoms with Gasteiger partial charge in [0, 0.05) is 43.0 Å². The van der Waals surface area contributed by atoms with Crippen molar-refractivity contribution in [2.75, 3.05) is 6.67 Å². The molecule has 4 aromatic heterocycles. The van der Waals surface area contributed by atoms with Crippen LogP contribution in [0.5, 0.6) is 5.75 Å². The maximum atomic E-state index is 13.1.